The molecule has 0 radical (unpaired) electrons. The van der Waals surface area contributed by atoms with Crippen molar-refractivity contribution in [2.45, 2.75) is 13.0 Å². The Kier molecular flexibility index (Phi) is 4.15. The Balaban J connectivity index is 2.18. The Labute approximate surface area is 117 Å². The van der Waals surface area contributed by atoms with Crippen molar-refractivity contribution in [1.82, 2.24) is 9.36 Å². The number of benzene rings is 1. The van der Waals surface area contributed by atoms with Gasteiger partial charge in [-0.05, 0) is 35.0 Å². The number of methoxy groups -OCH3 is 1. The Morgan fingerprint density at radius 2 is 2.22 bits per heavy atom. The molecule has 2 N–H and O–H groups in total. The van der Waals surface area contributed by atoms with Crippen LogP contribution in [0.25, 0.3) is 0 Å². The van der Waals surface area contributed by atoms with Gasteiger partial charge in [-0.15, -0.1) is 0 Å². The average molecular weight is 330 g/mol. The van der Waals surface area contributed by atoms with Crippen LogP contribution in [0, 0.1) is 0 Å². The average Bonchev–Trinajstić information content (AvgIpc) is 2.81. The number of ether oxygens (including phenoxy) is 2. The molecular weight excluding hydrogens is 318 g/mol. The molecule has 2 aromatic rings. The van der Waals surface area contributed by atoms with Gasteiger partial charge in [-0.3, -0.25) is 0 Å². The van der Waals surface area contributed by atoms with Gasteiger partial charge in [-0.25, -0.2) is 0 Å². The number of aromatic nitrogens is 2. The molecule has 0 aliphatic carbocycles. The van der Waals surface area contributed by atoms with Crippen LogP contribution in [0.1, 0.15) is 18.9 Å². The summed E-state index contributed by atoms with van der Waals surface area (Å²) >= 11 is 4.57. The Bertz CT molecular complexity index is 547. The second kappa shape index (κ2) is 5.64. The molecule has 1 aromatic heterocycles. The predicted octanol–water partition coefficient (Wildman–Crippen LogP) is 3.38. The monoisotopic (exact) mass is 329 g/mol. The molecule has 1 aromatic carbocycles. The topological polar surface area (TPSA) is 70.3 Å². The molecule has 1 heterocycles. The molecule has 0 spiro atoms. The van der Waals surface area contributed by atoms with Crippen LogP contribution < -0.4 is 10.5 Å². The van der Waals surface area contributed by atoms with E-state index in [4.69, 9.17) is 15.2 Å². The molecule has 1 unspecified atom stereocenters. The van der Waals surface area contributed by atoms with Gasteiger partial charge in [0.05, 0.1) is 4.47 Å². The van der Waals surface area contributed by atoms with E-state index in [1.807, 2.05) is 13.0 Å². The van der Waals surface area contributed by atoms with Gasteiger partial charge in [0, 0.05) is 30.4 Å². The maximum Gasteiger partial charge on any atom is 0.298 e. The van der Waals surface area contributed by atoms with E-state index in [9.17, 15) is 0 Å². The van der Waals surface area contributed by atoms with Gasteiger partial charge in [-0.1, -0.05) is 0 Å². The molecule has 18 heavy (non-hydrogen) atoms. The first-order chi connectivity index (χ1) is 8.60. The smallest absolute Gasteiger partial charge is 0.298 e. The number of nitrogens with two attached hydrogens (primary N) is 1. The summed E-state index contributed by atoms with van der Waals surface area (Å²) in [7, 11) is 1.61. The Morgan fingerprint density at radius 1 is 1.44 bits per heavy atom. The van der Waals surface area contributed by atoms with E-state index in [0.717, 1.165) is 4.47 Å². The van der Waals surface area contributed by atoms with E-state index in [-0.39, 0.29) is 6.10 Å². The summed E-state index contributed by atoms with van der Waals surface area (Å²) in [6.07, 6.45) is -0.150. The minimum atomic E-state index is -0.150. The Morgan fingerprint density at radius 3 is 2.94 bits per heavy atom. The van der Waals surface area contributed by atoms with Gasteiger partial charge in [0.1, 0.15) is 11.9 Å². The second-order valence-electron chi connectivity index (χ2n) is 3.59. The highest BCUT2D eigenvalue weighted by Crippen LogP contribution is 2.32. The molecule has 0 amide bonds. The van der Waals surface area contributed by atoms with Crippen LogP contribution in [-0.2, 0) is 4.74 Å². The van der Waals surface area contributed by atoms with Crippen molar-refractivity contribution in [2.24, 2.45) is 0 Å². The zero-order valence-corrected chi connectivity index (χ0v) is 12.3. The number of hydrogen-bond acceptors (Lipinski definition) is 6. The second-order valence-corrected chi connectivity index (χ2v) is 5.16. The molecule has 7 heteroatoms. The maximum atomic E-state index is 5.70. The number of hydrogen-bond donors (Lipinski definition) is 1. The number of nitrogen functional groups attached to an aromatic ring is 1. The minimum absolute atomic E-state index is 0.150. The van der Waals surface area contributed by atoms with Crippen LogP contribution in [0.5, 0.6) is 10.9 Å². The van der Waals surface area contributed by atoms with Crippen LogP contribution in [0.15, 0.2) is 22.7 Å². The fraction of sp³-hybridized carbons (Fsp3) is 0.273. The van der Waals surface area contributed by atoms with Crippen molar-refractivity contribution in [3.8, 4) is 10.9 Å². The van der Waals surface area contributed by atoms with Crippen molar-refractivity contribution in [2.75, 3.05) is 12.8 Å². The molecule has 2 rings (SSSR count). The highest BCUT2D eigenvalue weighted by atomic mass is 79.9. The highest BCUT2D eigenvalue weighted by molar-refractivity contribution is 9.10. The number of nitrogens with zero attached hydrogens (tertiary/aromatic N) is 2. The first-order valence-corrected chi connectivity index (χ1v) is 6.76. The normalized spacial score (nSPS) is 12.4. The van der Waals surface area contributed by atoms with Crippen LogP contribution in [0.4, 0.5) is 5.69 Å². The third-order valence-corrected chi connectivity index (χ3v) is 3.56. The molecule has 5 nitrogen and oxygen atoms in total. The fourth-order valence-electron chi connectivity index (χ4n) is 1.22. The van der Waals surface area contributed by atoms with Gasteiger partial charge in [0.25, 0.3) is 5.19 Å². The summed E-state index contributed by atoms with van der Waals surface area (Å²) in [6, 6.07) is 5.34. The highest BCUT2D eigenvalue weighted by Gasteiger charge is 2.13. The summed E-state index contributed by atoms with van der Waals surface area (Å²) in [6.45, 7) is 1.88. The SMILES string of the molecule is COC(C)c1nsc(Oc2cc(N)ccc2Br)n1. The molecule has 0 aliphatic heterocycles. The lowest BCUT2D eigenvalue weighted by atomic mass is 10.3. The van der Waals surface area contributed by atoms with Gasteiger partial charge >= 0.3 is 0 Å². The van der Waals surface area contributed by atoms with Crippen LogP contribution in [0.3, 0.4) is 0 Å². The lowest BCUT2D eigenvalue weighted by molar-refractivity contribution is 0.113. The lowest BCUT2D eigenvalue weighted by Gasteiger charge is -2.05. The van der Waals surface area contributed by atoms with Gasteiger partial charge < -0.3 is 15.2 Å². The summed E-state index contributed by atoms with van der Waals surface area (Å²) in [5.74, 6) is 1.22. The zero-order chi connectivity index (χ0) is 13.1. The lowest BCUT2D eigenvalue weighted by Crippen LogP contribution is -1.97. The van der Waals surface area contributed by atoms with Gasteiger partial charge in [-0.2, -0.15) is 9.36 Å². The standard InChI is InChI=1S/C11H12BrN3O2S/c1-6(16-2)10-14-11(18-15-10)17-9-5-7(13)3-4-8(9)12/h3-6H,13H2,1-2H3. The largest absolute Gasteiger partial charge is 0.429 e. The summed E-state index contributed by atoms with van der Waals surface area (Å²) < 4.78 is 15.7. The summed E-state index contributed by atoms with van der Waals surface area (Å²) in [5, 5.41) is 0.459. The van der Waals surface area contributed by atoms with Gasteiger partial charge in [0.2, 0.25) is 0 Å². The Hall–Kier alpha value is -1.18. The third-order valence-electron chi connectivity index (χ3n) is 2.29. The van der Waals surface area contributed by atoms with Crippen molar-refractivity contribution in [1.29, 1.82) is 0 Å². The van der Waals surface area contributed by atoms with Crippen LogP contribution in [-0.4, -0.2) is 16.5 Å². The molecule has 0 saturated heterocycles. The van der Waals surface area contributed by atoms with Crippen molar-refractivity contribution >= 4 is 33.1 Å². The van der Waals surface area contributed by atoms with E-state index in [1.54, 1.807) is 19.2 Å². The predicted molar refractivity (Wildman–Crippen MR) is 74.0 cm³/mol. The third kappa shape index (κ3) is 2.98. The molecular formula is C11H12BrN3O2S. The fourth-order valence-corrected chi connectivity index (χ4v) is 2.17. The van der Waals surface area contributed by atoms with E-state index >= 15 is 0 Å². The molecule has 96 valence electrons. The van der Waals surface area contributed by atoms with Crippen LogP contribution in [0.2, 0.25) is 0 Å². The molecule has 0 aliphatic rings. The number of halogens is 1. The minimum Gasteiger partial charge on any atom is -0.429 e. The first-order valence-electron chi connectivity index (χ1n) is 5.19. The molecule has 1 atom stereocenters. The van der Waals surface area contributed by atoms with Crippen LogP contribution >= 0.6 is 27.5 Å². The van der Waals surface area contributed by atoms with E-state index in [0.29, 0.717) is 22.5 Å². The summed E-state index contributed by atoms with van der Waals surface area (Å²) in [4.78, 5) is 4.25. The van der Waals surface area contributed by atoms with E-state index < -0.39 is 0 Å². The molecule has 0 fully saturated rings. The van der Waals surface area contributed by atoms with Crippen molar-refractivity contribution < 1.29 is 9.47 Å². The molecule has 0 bridgehead atoms. The summed E-state index contributed by atoms with van der Waals surface area (Å²) in [5.41, 5.74) is 6.33. The quantitative estimate of drug-likeness (QED) is 0.870. The van der Waals surface area contributed by atoms with E-state index in [1.165, 1.54) is 11.5 Å². The van der Waals surface area contributed by atoms with E-state index in [2.05, 4.69) is 25.3 Å². The number of anilines is 1. The van der Waals surface area contributed by atoms with Crippen molar-refractivity contribution in [3.63, 3.8) is 0 Å². The number of rotatable bonds is 4. The van der Waals surface area contributed by atoms with Crippen molar-refractivity contribution in [3.05, 3.63) is 28.5 Å². The maximum absolute atomic E-state index is 5.70. The molecule has 0 saturated carbocycles. The first kappa shape index (κ1) is 13.3. The van der Waals surface area contributed by atoms with Gasteiger partial charge in [0.15, 0.2) is 5.82 Å². The zero-order valence-electron chi connectivity index (χ0n) is 9.88.